The topological polar surface area (TPSA) is 113 Å². The fourth-order valence-corrected chi connectivity index (χ4v) is 3.66. The predicted octanol–water partition coefficient (Wildman–Crippen LogP) is 3.89. The highest BCUT2D eigenvalue weighted by Gasteiger charge is 2.30. The number of hydrogen-bond acceptors (Lipinski definition) is 9. The maximum Gasteiger partial charge on any atom is 0.412 e. The van der Waals surface area contributed by atoms with Crippen LogP contribution in [-0.2, 0) is 19.0 Å². The van der Waals surface area contributed by atoms with E-state index in [0.29, 0.717) is 22.7 Å². The van der Waals surface area contributed by atoms with Crippen LogP contribution in [0.15, 0.2) is 36.4 Å². The number of anilines is 1. The van der Waals surface area contributed by atoms with E-state index in [1.54, 1.807) is 30.3 Å². The van der Waals surface area contributed by atoms with Crippen molar-refractivity contribution in [3.8, 4) is 17.2 Å². The zero-order valence-electron chi connectivity index (χ0n) is 17.1. The summed E-state index contributed by atoms with van der Waals surface area (Å²) >= 11 is 5.96. The van der Waals surface area contributed by atoms with E-state index in [2.05, 4.69) is 40.5 Å². The smallest absolute Gasteiger partial charge is 0.412 e. The highest BCUT2D eigenvalue weighted by molar-refractivity contribution is 14.1. The van der Waals surface area contributed by atoms with Crippen LogP contribution in [0.2, 0.25) is 0 Å². The van der Waals surface area contributed by atoms with Gasteiger partial charge in [0.25, 0.3) is 0 Å². The summed E-state index contributed by atoms with van der Waals surface area (Å²) in [7, 11) is 1.45. The average Bonchev–Trinajstić information content (AvgIpc) is 3.25. The number of nitrogens with one attached hydrogen (secondary N) is 1. The number of methoxy groups -OCH3 is 1. The second kappa shape index (κ2) is 11.5. The van der Waals surface area contributed by atoms with Gasteiger partial charge < -0.3 is 28.8 Å². The zero-order valence-corrected chi connectivity index (χ0v) is 20.1. The summed E-state index contributed by atoms with van der Waals surface area (Å²) in [5, 5.41) is 13.1. The van der Waals surface area contributed by atoms with Crippen LogP contribution in [0.1, 0.15) is 18.1 Å². The van der Waals surface area contributed by atoms with Gasteiger partial charge in [0, 0.05) is 34.4 Å². The molecule has 3 rings (SSSR count). The number of fused-ring (bicyclic) bond motifs is 1. The zero-order chi connectivity index (χ0) is 23.1. The molecule has 11 heteroatoms. The Kier molecular flexibility index (Phi) is 8.70. The van der Waals surface area contributed by atoms with Crippen LogP contribution in [0.25, 0.3) is 0 Å². The van der Waals surface area contributed by atoms with E-state index in [1.165, 1.54) is 13.2 Å². The summed E-state index contributed by atoms with van der Waals surface area (Å²) in [4.78, 5) is 24.1. The SMILES string of the molecule is CO[C@@H](CCOC(=O)CS)[C@@H](OC(=O)Nc1ccc2c(c1)OCO2)c1cc(I)ccc1O. The molecule has 0 radical (unpaired) electrons. The maximum absolute atomic E-state index is 12.7. The number of halogens is 1. The molecule has 0 aliphatic carbocycles. The molecule has 172 valence electrons. The van der Waals surface area contributed by atoms with Gasteiger partial charge in [-0.2, -0.15) is 12.6 Å². The highest BCUT2D eigenvalue weighted by atomic mass is 127. The van der Waals surface area contributed by atoms with E-state index < -0.39 is 24.3 Å². The van der Waals surface area contributed by atoms with E-state index in [0.717, 1.165) is 3.57 Å². The molecule has 2 N–H and O–H groups in total. The first-order valence-electron chi connectivity index (χ1n) is 9.56. The number of phenolic OH excluding ortho intramolecular Hbond substituents is 1. The van der Waals surface area contributed by atoms with Gasteiger partial charge in [0.1, 0.15) is 11.9 Å². The summed E-state index contributed by atoms with van der Waals surface area (Å²) in [5.41, 5.74) is 0.812. The lowest BCUT2D eigenvalue weighted by atomic mass is 10.0. The number of ether oxygens (including phenoxy) is 5. The Labute approximate surface area is 203 Å². The van der Waals surface area contributed by atoms with Crippen molar-refractivity contribution in [2.45, 2.75) is 18.6 Å². The first-order valence-corrected chi connectivity index (χ1v) is 11.3. The summed E-state index contributed by atoms with van der Waals surface area (Å²) in [5.74, 6) is 0.517. The van der Waals surface area contributed by atoms with E-state index in [4.69, 9.17) is 23.7 Å². The number of benzene rings is 2. The highest BCUT2D eigenvalue weighted by Crippen LogP contribution is 2.36. The fraction of sp³-hybridized carbons (Fsp3) is 0.333. The lowest BCUT2D eigenvalue weighted by Gasteiger charge is -2.27. The van der Waals surface area contributed by atoms with Crippen molar-refractivity contribution in [2.24, 2.45) is 0 Å². The van der Waals surface area contributed by atoms with E-state index >= 15 is 0 Å². The number of carbonyl (C=O) groups is 2. The van der Waals surface area contributed by atoms with Gasteiger partial charge in [0.05, 0.1) is 12.4 Å². The Balaban J connectivity index is 1.77. The number of esters is 1. The minimum atomic E-state index is -0.974. The molecule has 0 spiro atoms. The van der Waals surface area contributed by atoms with Crippen LogP contribution >= 0.6 is 35.2 Å². The number of amides is 1. The second-order valence-corrected chi connectivity index (χ2v) is 8.23. The molecule has 0 unspecified atom stereocenters. The van der Waals surface area contributed by atoms with Gasteiger partial charge in [0.2, 0.25) is 6.79 Å². The van der Waals surface area contributed by atoms with Crippen LogP contribution in [0.5, 0.6) is 17.2 Å². The molecule has 9 nitrogen and oxygen atoms in total. The molecule has 2 atom stereocenters. The second-order valence-electron chi connectivity index (χ2n) is 6.66. The molecule has 0 bridgehead atoms. The van der Waals surface area contributed by atoms with Crippen molar-refractivity contribution < 1.29 is 38.4 Å². The first-order chi connectivity index (χ1) is 15.4. The molecule has 2 aromatic carbocycles. The molecule has 2 aromatic rings. The van der Waals surface area contributed by atoms with Crippen molar-refractivity contribution in [1.82, 2.24) is 0 Å². The molecule has 32 heavy (non-hydrogen) atoms. The summed E-state index contributed by atoms with van der Waals surface area (Å²) in [6.45, 7) is 0.150. The molecular weight excluding hydrogens is 553 g/mol. The number of hydrogen-bond donors (Lipinski definition) is 3. The predicted molar refractivity (Wildman–Crippen MR) is 126 cm³/mol. The normalized spacial score (nSPS) is 13.8. The molecule has 1 aliphatic rings. The summed E-state index contributed by atoms with van der Waals surface area (Å²) < 4.78 is 27.7. The van der Waals surface area contributed by atoms with Crippen molar-refractivity contribution in [3.63, 3.8) is 0 Å². The van der Waals surface area contributed by atoms with Crippen LogP contribution in [0, 0.1) is 3.57 Å². The van der Waals surface area contributed by atoms with Crippen LogP contribution in [0.3, 0.4) is 0 Å². The van der Waals surface area contributed by atoms with Crippen LogP contribution < -0.4 is 14.8 Å². The van der Waals surface area contributed by atoms with Gasteiger partial charge in [-0.15, -0.1) is 0 Å². The Morgan fingerprint density at radius 1 is 1.22 bits per heavy atom. The number of carbonyl (C=O) groups excluding carboxylic acids is 2. The van der Waals surface area contributed by atoms with Gasteiger partial charge in [-0.05, 0) is 52.9 Å². The molecule has 1 heterocycles. The minimum Gasteiger partial charge on any atom is -0.508 e. The van der Waals surface area contributed by atoms with Crippen LogP contribution in [0.4, 0.5) is 10.5 Å². The third-order valence-corrected chi connectivity index (χ3v) is 5.51. The molecule has 1 aliphatic heterocycles. The standard InChI is InChI=1S/C21H22INO8S/c1-27-17(6-7-28-19(25)10-32)20(14-8-12(22)2-4-15(14)24)31-21(26)23-13-3-5-16-18(9-13)30-11-29-16/h2-5,8-9,17,20,24,32H,6-7,10-11H2,1H3,(H,23,26)/t17-,20-/m0/s1. The largest absolute Gasteiger partial charge is 0.508 e. The van der Waals surface area contributed by atoms with Crippen LogP contribution in [-0.4, -0.2) is 49.5 Å². The number of phenols is 1. The Morgan fingerprint density at radius 2 is 2.00 bits per heavy atom. The minimum absolute atomic E-state index is 0.0340. The summed E-state index contributed by atoms with van der Waals surface area (Å²) in [6.07, 6.45) is -2.21. The Bertz CT molecular complexity index is 973. The molecular formula is C21H22INO8S. The maximum atomic E-state index is 12.7. The first kappa shape index (κ1) is 24.3. The van der Waals surface area contributed by atoms with E-state index in [-0.39, 0.29) is 31.3 Å². The number of rotatable bonds is 9. The Hall–Kier alpha value is -2.38. The summed E-state index contributed by atoms with van der Waals surface area (Å²) in [6, 6.07) is 9.87. The van der Waals surface area contributed by atoms with Crippen molar-refractivity contribution in [1.29, 1.82) is 0 Å². The average molecular weight is 575 g/mol. The lowest BCUT2D eigenvalue weighted by molar-refractivity contribution is -0.141. The van der Waals surface area contributed by atoms with Gasteiger partial charge in [0.15, 0.2) is 17.6 Å². The molecule has 0 saturated heterocycles. The quantitative estimate of drug-likeness (QED) is 0.235. The van der Waals surface area contributed by atoms with E-state index in [9.17, 15) is 14.7 Å². The van der Waals surface area contributed by atoms with Crippen molar-refractivity contribution in [2.75, 3.05) is 31.6 Å². The molecule has 1 amide bonds. The van der Waals surface area contributed by atoms with Crippen molar-refractivity contribution >= 4 is 53.0 Å². The third kappa shape index (κ3) is 6.33. The van der Waals surface area contributed by atoms with Gasteiger partial charge >= 0.3 is 12.1 Å². The number of aromatic hydroxyl groups is 1. The van der Waals surface area contributed by atoms with Gasteiger partial charge in [-0.3, -0.25) is 10.1 Å². The molecule has 0 aromatic heterocycles. The van der Waals surface area contributed by atoms with Gasteiger partial charge in [-0.1, -0.05) is 0 Å². The fourth-order valence-electron chi connectivity index (χ4n) is 3.06. The Morgan fingerprint density at radius 3 is 2.75 bits per heavy atom. The van der Waals surface area contributed by atoms with Gasteiger partial charge in [-0.25, -0.2) is 4.79 Å². The van der Waals surface area contributed by atoms with E-state index in [1.807, 2.05) is 0 Å². The third-order valence-electron chi connectivity index (χ3n) is 4.58. The monoisotopic (exact) mass is 575 g/mol. The number of thiol groups is 1. The van der Waals surface area contributed by atoms with Crippen molar-refractivity contribution in [3.05, 3.63) is 45.5 Å². The molecule has 0 fully saturated rings. The lowest BCUT2D eigenvalue weighted by Crippen LogP contribution is -2.29. The molecule has 0 saturated carbocycles.